The smallest absolute Gasteiger partial charge is 0.137 e. The van der Waals surface area contributed by atoms with Crippen molar-refractivity contribution in [2.75, 3.05) is 0 Å². The number of nitrogens with one attached hydrogen (secondary N) is 1. The van der Waals surface area contributed by atoms with Gasteiger partial charge in [0.15, 0.2) is 0 Å². The molecule has 0 fully saturated rings. The van der Waals surface area contributed by atoms with Crippen LogP contribution >= 0.6 is 15.9 Å². The maximum atomic E-state index is 4.70. The van der Waals surface area contributed by atoms with Crippen LogP contribution in [0, 0.1) is 6.92 Å². The lowest BCUT2D eigenvalue weighted by Gasteiger charge is -2.14. The molecule has 2 atom stereocenters. The summed E-state index contributed by atoms with van der Waals surface area (Å²) < 4.78 is 3.25. The average molecular weight is 342 g/mol. The molecular formula is C17H16BrN3. The molecule has 3 nitrogen and oxygen atoms in total. The second kappa shape index (κ2) is 4.68. The van der Waals surface area contributed by atoms with Crippen LogP contribution in [0.1, 0.15) is 41.5 Å². The number of nitrogens with zero attached hydrogens (tertiary/aromatic N) is 2. The molecule has 0 radical (unpaired) electrons. The number of aryl methyl sites for hydroxylation is 1. The summed E-state index contributed by atoms with van der Waals surface area (Å²) in [5.74, 6) is 0. The van der Waals surface area contributed by atoms with Gasteiger partial charge < -0.3 is 4.40 Å². The van der Waals surface area contributed by atoms with Crippen molar-refractivity contribution in [3.63, 3.8) is 0 Å². The van der Waals surface area contributed by atoms with Crippen LogP contribution in [0.2, 0.25) is 0 Å². The summed E-state index contributed by atoms with van der Waals surface area (Å²) in [7, 11) is 0. The predicted molar refractivity (Wildman–Crippen MR) is 87.5 cm³/mol. The van der Waals surface area contributed by atoms with Gasteiger partial charge in [-0.25, -0.2) is 4.98 Å². The standard InChI is InChI=1S/C17H16BrN3/c1-10-13-5-3-4-6-14(13)16(20-10)17-11(2)19-15-8-7-12(18)9-21(15)17/h3-10,16,20H,1-2H3/t10-,16-/m1/s1. The molecule has 0 amide bonds. The van der Waals surface area contributed by atoms with E-state index in [0.29, 0.717) is 6.04 Å². The highest BCUT2D eigenvalue weighted by Crippen LogP contribution is 2.38. The van der Waals surface area contributed by atoms with Gasteiger partial charge in [-0.3, -0.25) is 5.32 Å². The van der Waals surface area contributed by atoms with Crippen LogP contribution in [0.4, 0.5) is 0 Å². The Morgan fingerprint density at radius 2 is 1.90 bits per heavy atom. The van der Waals surface area contributed by atoms with E-state index < -0.39 is 0 Å². The maximum absolute atomic E-state index is 4.70. The number of pyridine rings is 1. The molecule has 1 N–H and O–H groups in total. The first-order valence-electron chi connectivity index (χ1n) is 7.14. The molecular weight excluding hydrogens is 326 g/mol. The Hall–Kier alpha value is -1.65. The minimum absolute atomic E-state index is 0.195. The molecule has 106 valence electrons. The van der Waals surface area contributed by atoms with Gasteiger partial charge in [0.05, 0.1) is 17.4 Å². The number of hydrogen-bond donors (Lipinski definition) is 1. The monoisotopic (exact) mass is 341 g/mol. The SMILES string of the molecule is Cc1nc2ccc(Br)cn2c1[C@@H]1N[C@H](C)c2ccccc21. The molecule has 0 saturated carbocycles. The lowest BCUT2D eigenvalue weighted by Crippen LogP contribution is -2.19. The van der Waals surface area contributed by atoms with Gasteiger partial charge in [-0.1, -0.05) is 24.3 Å². The lowest BCUT2D eigenvalue weighted by atomic mass is 10.00. The van der Waals surface area contributed by atoms with Gasteiger partial charge in [-0.15, -0.1) is 0 Å². The Labute approximate surface area is 132 Å². The van der Waals surface area contributed by atoms with Crippen molar-refractivity contribution in [2.24, 2.45) is 0 Å². The molecule has 0 aliphatic carbocycles. The molecule has 3 aromatic rings. The van der Waals surface area contributed by atoms with Gasteiger partial charge in [-0.2, -0.15) is 0 Å². The Morgan fingerprint density at radius 1 is 1.14 bits per heavy atom. The highest BCUT2D eigenvalue weighted by Gasteiger charge is 2.31. The Morgan fingerprint density at radius 3 is 2.71 bits per heavy atom. The zero-order valence-corrected chi connectivity index (χ0v) is 13.6. The fraction of sp³-hybridized carbons (Fsp3) is 0.235. The van der Waals surface area contributed by atoms with E-state index in [2.05, 4.69) is 70.0 Å². The Balaban J connectivity index is 1.96. The third kappa shape index (κ3) is 1.93. The van der Waals surface area contributed by atoms with E-state index in [1.54, 1.807) is 0 Å². The minimum Gasteiger partial charge on any atom is -0.301 e. The number of imidazole rings is 1. The van der Waals surface area contributed by atoms with Crippen LogP contribution in [0.3, 0.4) is 0 Å². The number of halogens is 1. The predicted octanol–water partition coefficient (Wildman–Crippen LogP) is 4.16. The number of aromatic nitrogens is 2. The van der Waals surface area contributed by atoms with Crippen LogP contribution in [0.25, 0.3) is 5.65 Å². The van der Waals surface area contributed by atoms with Gasteiger partial charge in [0, 0.05) is 16.7 Å². The van der Waals surface area contributed by atoms with Gasteiger partial charge in [0.25, 0.3) is 0 Å². The summed E-state index contributed by atoms with van der Waals surface area (Å²) in [6.45, 7) is 4.30. The molecule has 4 rings (SSSR count). The minimum atomic E-state index is 0.195. The highest BCUT2D eigenvalue weighted by atomic mass is 79.9. The van der Waals surface area contributed by atoms with Crippen LogP contribution in [0.15, 0.2) is 47.1 Å². The number of rotatable bonds is 1. The first-order chi connectivity index (χ1) is 10.1. The first kappa shape index (κ1) is 13.0. The number of benzene rings is 1. The van der Waals surface area contributed by atoms with Gasteiger partial charge in [0.1, 0.15) is 5.65 Å². The molecule has 1 aliphatic rings. The van der Waals surface area contributed by atoms with Crippen molar-refractivity contribution in [2.45, 2.75) is 25.9 Å². The van der Waals surface area contributed by atoms with Crippen molar-refractivity contribution in [1.29, 1.82) is 0 Å². The third-order valence-electron chi connectivity index (χ3n) is 4.27. The van der Waals surface area contributed by atoms with Crippen LogP contribution in [-0.4, -0.2) is 9.38 Å². The molecule has 1 aromatic carbocycles. The molecule has 3 heterocycles. The topological polar surface area (TPSA) is 29.3 Å². The maximum Gasteiger partial charge on any atom is 0.137 e. The fourth-order valence-corrected chi connectivity index (χ4v) is 3.66. The van der Waals surface area contributed by atoms with Crippen molar-refractivity contribution < 1.29 is 0 Å². The molecule has 1 aliphatic heterocycles. The summed E-state index contributed by atoms with van der Waals surface area (Å²) in [6, 6.07) is 13.3. The summed E-state index contributed by atoms with van der Waals surface area (Å²) in [4.78, 5) is 4.70. The second-order valence-electron chi connectivity index (χ2n) is 5.61. The van der Waals surface area contributed by atoms with E-state index in [0.717, 1.165) is 15.8 Å². The Bertz CT molecular complexity index is 837. The quantitative estimate of drug-likeness (QED) is 0.720. The molecule has 0 saturated heterocycles. The largest absolute Gasteiger partial charge is 0.301 e. The summed E-state index contributed by atoms with van der Waals surface area (Å²) in [6.07, 6.45) is 2.10. The van der Waals surface area contributed by atoms with Gasteiger partial charge in [-0.05, 0) is 53.0 Å². The fourth-order valence-electron chi connectivity index (χ4n) is 3.33. The average Bonchev–Trinajstić information content (AvgIpc) is 2.96. The normalized spacial score (nSPS) is 20.9. The van der Waals surface area contributed by atoms with E-state index in [1.165, 1.54) is 16.8 Å². The van der Waals surface area contributed by atoms with Crippen molar-refractivity contribution in [3.05, 3.63) is 69.6 Å². The van der Waals surface area contributed by atoms with E-state index >= 15 is 0 Å². The molecule has 2 aromatic heterocycles. The second-order valence-corrected chi connectivity index (χ2v) is 6.52. The van der Waals surface area contributed by atoms with Crippen LogP contribution < -0.4 is 5.32 Å². The summed E-state index contributed by atoms with van der Waals surface area (Å²) in [5.41, 5.74) is 6.03. The van der Waals surface area contributed by atoms with Crippen LogP contribution in [-0.2, 0) is 0 Å². The van der Waals surface area contributed by atoms with Crippen LogP contribution in [0.5, 0.6) is 0 Å². The zero-order valence-electron chi connectivity index (χ0n) is 12.0. The first-order valence-corrected chi connectivity index (χ1v) is 7.93. The lowest BCUT2D eigenvalue weighted by molar-refractivity contribution is 0.561. The molecule has 4 heteroatoms. The van der Waals surface area contributed by atoms with Gasteiger partial charge >= 0.3 is 0 Å². The summed E-state index contributed by atoms with van der Waals surface area (Å²) in [5, 5.41) is 3.70. The molecule has 0 bridgehead atoms. The number of fused-ring (bicyclic) bond motifs is 2. The van der Waals surface area contributed by atoms with Crippen molar-refractivity contribution >= 4 is 21.6 Å². The highest BCUT2D eigenvalue weighted by molar-refractivity contribution is 9.10. The Kier molecular flexibility index (Phi) is 2.91. The van der Waals surface area contributed by atoms with Crippen molar-refractivity contribution in [1.82, 2.24) is 14.7 Å². The van der Waals surface area contributed by atoms with E-state index in [9.17, 15) is 0 Å². The third-order valence-corrected chi connectivity index (χ3v) is 4.74. The molecule has 0 unspecified atom stereocenters. The van der Waals surface area contributed by atoms with Crippen molar-refractivity contribution in [3.8, 4) is 0 Å². The van der Waals surface area contributed by atoms with Gasteiger partial charge in [0.2, 0.25) is 0 Å². The summed E-state index contributed by atoms with van der Waals surface area (Å²) >= 11 is 3.56. The van der Waals surface area contributed by atoms with E-state index in [1.807, 2.05) is 12.1 Å². The number of hydrogen-bond acceptors (Lipinski definition) is 2. The molecule has 0 spiro atoms. The molecule has 21 heavy (non-hydrogen) atoms. The van der Waals surface area contributed by atoms with E-state index in [-0.39, 0.29) is 6.04 Å². The van der Waals surface area contributed by atoms with E-state index in [4.69, 9.17) is 4.98 Å². The zero-order chi connectivity index (χ0) is 14.6.